The standard InChI is InChI=1S/C15H27N2O3/c1-11(2)13(18)6-8-17(4,5)9-7-16-14(19)10-12(3)15(16)20/h11-12H,6-10H2,1-5H3/q+1. The fourth-order valence-electron chi connectivity index (χ4n) is 2.27. The molecule has 0 bridgehead atoms. The minimum absolute atomic E-state index is 0.0618. The number of likely N-dealkylation sites (N-methyl/N-ethyl adjacent to an activating group) is 1. The number of likely N-dealkylation sites (tertiary alicyclic amines) is 1. The number of Topliss-reactive ketones (excluding diaryl/α,β-unsaturated/α-hetero) is 1. The molecule has 0 aromatic heterocycles. The smallest absolute Gasteiger partial charge is 0.232 e. The lowest BCUT2D eigenvalue weighted by atomic mass is 10.1. The topological polar surface area (TPSA) is 54.5 Å². The summed E-state index contributed by atoms with van der Waals surface area (Å²) in [4.78, 5) is 36.6. The Balaban J connectivity index is 2.45. The van der Waals surface area contributed by atoms with Crippen LogP contribution in [0.1, 0.15) is 33.6 Å². The van der Waals surface area contributed by atoms with Crippen molar-refractivity contribution in [2.45, 2.75) is 33.6 Å². The van der Waals surface area contributed by atoms with E-state index in [1.807, 2.05) is 27.9 Å². The van der Waals surface area contributed by atoms with E-state index in [0.29, 0.717) is 30.4 Å². The average Bonchev–Trinajstić information content (AvgIpc) is 2.58. The summed E-state index contributed by atoms with van der Waals surface area (Å²) in [6, 6.07) is 0. The van der Waals surface area contributed by atoms with Crippen LogP contribution in [0.2, 0.25) is 0 Å². The van der Waals surface area contributed by atoms with E-state index in [9.17, 15) is 14.4 Å². The fourth-order valence-corrected chi connectivity index (χ4v) is 2.27. The summed E-state index contributed by atoms with van der Waals surface area (Å²) in [7, 11) is 4.06. The lowest BCUT2D eigenvalue weighted by Crippen LogP contribution is -2.47. The van der Waals surface area contributed by atoms with E-state index in [-0.39, 0.29) is 29.4 Å². The van der Waals surface area contributed by atoms with Crippen LogP contribution < -0.4 is 0 Å². The quantitative estimate of drug-likeness (QED) is 0.519. The van der Waals surface area contributed by atoms with Gasteiger partial charge >= 0.3 is 0 Å². The first kappa shape index (κ1) is 16.8. The van der Waals surface area contributed by atoms with Gasteiger partial charge in [-0.3, -0.25) is 19.3 Å². The van der Waals surface area contributed by atoms with E-state index in [2.05, 4.69) is 0 Å². The molecule has 2 amide bonds. The molecule has 0 spiro atoms. The predicted octanol–water partition coefficient (Wildman–Crippen LogP) is 1.07. The zero-order valence-electron chi connectivity index (χ0n) is 13.3. The van der Waals surface area contributed by atoms with Crippen LogP contribution in [0.4, 0.5) is 0 Å². The zero-order chi connectivity index (χ0) is 15.5. The normalized spacial score (nSPS) is 20.1. The number of carbonyl (C=O) groups is 3. The minimum Gasteiger partial charge on any atom is -0.327 e. The van der Waals surface area contributed by atoms with Crippen molar-refractivity contribution in [3.05, 3.63) is 0 Å². The second kappa shape index (κ2) is 6.48. The monoisotopic (exact) mass is 283 g/mol. The Labute approximate surface area is 121 Å². The van der Waals surface area contributed by atoms with Crippen LogP contribution in [0.5, 0.6) is 0 Å². The molecule has 1 atom stereocenters. The molecule has 1 unspecified atom stereocenters. The van der Waals surface area contributed by atoms with E-state index in [1.165, 1.54) is 4.90 Å². The Morgan fingerprint density at radius 2 is 1.90 bits per heavy atom. The highest BCUT2D eigenvalue weighted by Gasteiger charge is 2.36. The van der Waals surface area contributed by atoms with Crippen LogP contribution in [0.3, 0.4) is 0 Å². The number of hydrogen-bond donors (Lipinski definition) is 0. The number of quaternary nitrogens is 1. The lowest BCUT2D eigenvalue weighted by molar-refractivity contribution is -0.889. The zero-order valence-corrected chi connectivity index (χ0v) is 13.3. The minimum atomic E-state index is -0.180. The molecule has 5 nitrogen and oxygen atoms in total. The van der Waals surface area contributed by atoms with Crippen molar-refractivity contribution in [3.8, 4) is 0 Å². The molecular weight excluding hydrogens is 256 g/mol. The van der Waals surface area contributed by atoms with Gasteiger partial charge in [0.25, 0.3) is 0 Å². The number of nitrogens with zero attached hydrogens (tertiary/aromatic N) is 2. The van der Waals surface area contributed by atoms with E-state index < -0.39 is 0 Å². The molecule has 1 aliphatic heterocycles. The van der Waals surface area contributed by atoms with Gasteiger partial charge in [-0.1, -0.05) is 20.8 Å². The predicted molar refractivity (Wildman–Crippen MR) is 76.8 cm³/mol. The summed E-state index contributed by atoms with van der Waals surface area (Å²) in [5.41, 5.74) is 0. The Bertz CT molecular complexity index is 402. The molecule has 0 aromatic carbocycles. The third-order valence-corrected chi connectivity index (χ3v) is 4.01. The van der Waals surface area contributed by atoms with Crippen molar-refractivity contribution in [2.24, 2.45) is 11.8 Å². The van der Waals surface area contributed by atoms with Crippen molar-refractivity contribution in [1.29, 1.82) is 0 Å². The first-order valence-electron chi connectivity index (χ1n) is 7.33. The molecule has 1 heterocycles. The molecule has 1 saturated heterocycles. The SMILES string of the molecule is CC(C)C(=O)CC[N+](C)(C)CCN1C(=O)CC(C)C1=O. The highest BCUT2D eigenvalue weighted by molar-refractivity contribution is 6.03. The third kappa shape index (κ3) is 4.40. The Morgan fingerprint density at radius 3 is 2.35 bits per heavy atom. The first-order chi connectivity index (χ1) is 9.14. The van der Waals surface area contributed by atoms with Crippen LogP contribution >= 0.6 is 0 Å². The molecule has 1 aliphatic rings. The van der Waals surface area contributed by atoms with Gasteiger partial charge in [-0.15, -0.1) is 0 Å². The number of ketones is 1. The van der Waals surface area contributed by atoms with Crippen LogP contribution in [0.25, 0.3) is 0 Å². The number of imide groups is 1. The molecule has 114 valence electrons. The number of amides is 2. The Hall–Kier alpha value is -1.23. The van der Waals surface area contributed by atoms with Crippen molar-refractivity contribution in [1.82, 2.24) is 4.90 Å². The molecule has 20 heavy (non-hydrogen) atoms. The highest BCUT2D eigenvalue weighted by atomic mass is 16.2. The van der Waals surface area contributed by atoms with E-state index in [4.69, 9.17) is 0 Å². The number of rotatable bonds is 7. The van der Waals surface area contributed by atoms with Gasteiger partial charge in [0.05, 0.1) is 40.2 Å². The molecular formula is C15H27N2O3+. The molecule has 5 heteroatoms. The van der Waals surface area contributed by atoms with Gasteiger partial charge in [0.2, 0.25) is 11.8 Å². The summed E-state index contributed by atoms with van der Waals surface area (Å²) >= 11 is 0. The van der Waals surface area contributed by atoms with Gasteiger partial charge < -0.3 is 4.48 Å². The van der Waals surface area contributed by atoms with Crippen molar-refractivity contribution < 1.29 is 18.9 Å². The maximum absolute atomic E-state index is 11.8. The van der Waals surface area contributed by atoms with E-state index >= 15 is 0 Å². The van der Waals surface area contributed by atoms with Gasteiger partial charge in [-0.25, -0.2) is 0 Å². The summed E-state index contributed by atoms with van der Waals surface area (Å²) in [5, 5.41) is 0. The van der Waals surface area contributed by atoms with Gasteiger partial charge in [0, 0.05) is 18.3 Å². The Morgan fingerprint density at radius 1 is 1.30 bits per heavy atom. The summed E-state index contributed by atoms with van der Waals surface area (Å²) in [5.74, 6) is 0.0189. The average molecular weight is 283 g/mol. The van der Waals surface area contributed by atoms with Crippen molar-refractivity contribution >= 4 is 17.6 Å². The Kier molecular flexibility index (Phi) is 5.45. The summed E-state index contributed by atoms with van der Waals surface area (Å²) < 4.78 is 0.643. The molecule has 1 rings (SSSR count). The molecule has 0 saturated carbocycles. The van der Waals surface area contributed by atoms with Crippen LogP contribution in [-0.2, 0) is 14.4 Å². The maximum atomic E-state index is 11.8. The molecule has 0 radical (unpaired) electrons. The second-order valence-corrected chi connectivity index (χ2v) is 6.74. The maximum Gasteiger partial charge on any atom is 0.232 e. The lowest BCUT2D eigenvalue weighted by Gasteiger charge is -2.31. The van der Waals surface area contributed by atoms with Gasteiger partial charge in [0.1, 0.15) is 5.78 Å². The third-order valence-electron chi connectivity index (χ3n) is 4.01. The van der Waals surface area contributed by atoms with Crippen LogP contribution in [0, 0.1) is 11.8 Å². The largest absolute Gasteiger partial charge is 0.327 e. The van der Waals surface area contributed by atoms with E-state index in [0.717, 1.165) is 6.54 Å². The van der Waals surface area contributed by atoms with Crippen LogP contribution in [-0.4, -0.2) is 60.7 Å². The fraction of sp³-hybridized carbons (Fsp3) is 0.800. The molecule has 0 aromatic rings. The van der Waals surface area contributed by atoms with Gasteiger partial charge in [-0.05, 0) is 0 Å². The van der Waals surface area contributed by atoms with Gasteiger partial charge in [0.15, 0.2) is 0 Å². The summed E-state index contributed by atoms with van der Waals surface area (Å²) in [6.45, 7) is 7.49. The van der Waals surface area contributed by atoms with Crippen molar-refractivity contribution in [3.63, 3.8) is 0 Å². The van der Waals surface area contributed by atoms with Crippen molar-refractivity contribution in [2.75, 3.05) is 33.7 Å². The molecule has 0 N–H and O–H groups in total. The summed E-state index contributed by atoms with van der Waals surface area (Å²) in [6.07, 6.45) is 0.876. The van der Waals surface area contributed by atoms with E-state index in [1.54, 1.807) is 6.92 Å². The molecule has 0 aliphatic carbocycles. The number of hydrogen-bond acceptors (Lipinski definition) is 3. The van der Waals surface area contributed by atoms with Gasteiger partial charge in [-0.2, -0.15) is 0 Å². The second-order valence-electron chi connectivity index (χ2n) is 6.74. The first-order valence-corrected chi connectivity index (χ1v) is 7.33. The molecule has 1 fully saturated rings. The van der Waals surface area contributed by atoms with Crippen LogP contribution in [0.15, 0.2) is 0 Å². The number of carbonyl (C=O) groups excluding carboxylic acids is 3. The highest BCUT2D eigenvalue weighted by Crippen LogP contribution is 2.18.